The number of halogens is 1. The lowest BCUT2D eigenvalue weighted by Crippen LogP contribution is -2.48. The van der Waals surface area contributed by atoms with Gasteiger partial charge < -0.3 is 10.6 Å². The van der Waals surface area contributed by atoms with Crippen LogP contribution in [-0.2, 0) is 16.1 Å². The molecular weight excluding hydrogens is 357 g/mol. The Kier molecular flexibility index (Phi) is 6.76. The van der Waals surface area contributed by atoms with E-state index in [1.807, 2.05) is 42.2 Å². The molecule has 148 valence electrons. The molecule has 1 unspecified atom stereocenters. The normalized spacial score (nSPS) is 16.4. The summed E-state index contributed by atoms with van der Waals surface area (Å²) in [4.78, 5) is 26.9. The molecule has 2 aromatic carbocycles. The average Bonchev–Trinajstić information content (AvgIpc) is 2.74. The minimum Gasteiger partial charge on any atom is -0.352 e. The molecule has 2 N–H and O–H groups in total. The molecule has 1 fully saturated rings. The molecule has 0 saturated carbocycles. The summed E-state index contributed by atoms with van der Waals surface area (Å²) in [5.41, 5.74) is 1.27. The predicted molar refractivity (Wildman–Crippen MR) is 107 cm³/mol. The van der Waals surface area contributed by atoms with Gasteiger partial charge in [0.15, 0.2) is 0 Å². The van der Waals surface area contributed by atoms with Gasteiger partial charge >= 0.3 is 0 Å². The molecule has 5 nitrogen and oxygen atoms in total. The number of rotatable bonds is 6. The van der Waals surface area contributed by atoms with Gasteiger partial charge in [-0.05, 0) is 50.6 Å². The first-order chi connectivity index (χ1) is 13.5. The molecule has 28 heavy (non-hydrogen) atoms. The number of nitrogens with zero attached hydrogens (tertiary/aromatic N) is 1. The second kappa shape index (κ2) is 9.46. The van der Waals surface area contributed by atoms with Crippen molar-refractivity contribution in [2.75, 3.05) is 18.4 Å². The number of piperidine rings is 1. The maximum absolute atomic E-state index is 13.7. The van der Waals surface area contributed by atoms with Gasteiger partial charge in [0, 0.05) is 12.5 Å². The summed E-state index contributed by atoms with van der Waals surface area (Å²) in [5, 5.41) is 5.64. The van der Waals surface area contributed by atoms with E-state index >= 15 is 0 Å². The van der Waals surface area contributed by atoms with Crippen molar-refractivity contribution < 1.29 is 14.0 Å². The van der Waals surface area contributed by atoms with Crippen molar-refractivity contribution in [1.82, 2.24) is 10.2 Å². The molecule has 1 atom stereocenters. The number of hydrogen-bond donors (Lipinski definition) is 2. The summed E-state index contributed by atoms with van der Waals surface area (Å²) in [6.45, 7) is 3.66. The lowest BCUT2D eigenvalue weighted by Gasteiger charge is -2.34. The number of benzene rings is 2. The van der Waals surface area contributed by atoms with Crippen molar-refractivity contribution in [3.05, 3.63) is 66.0 Å². The van der Waals surface area contributed by atoms with Crippen molar-refractivity contribution in [3.63, 3.8) is 0 Å². The fourth-order valence-corrected chi connectivity index (χ4v) is 3.44. The summed E-state index contributed by atoms with van der Waals surface area (Å²) in [7, 11) is 0. The van der Waals surface area contributed by atoms with E-state index in [1.54, 1.807) is 18.2 Å². The highest BCUT2D eigenvalue weighted by Crippen LogP contribution is 2.20. The molecule has 1 saturated heterocycles. The third-order valence-corrected chi connectivity index (χ3v) is 5.27. The zero-order valence-electron chi connectivity index (χ0n) is 16.0. The van der Waals surface area contributed by atoms with E-state index in [0.29, 0.717) is 32.5 Å². The molecule has 2 amide bonds. The van der Waals surface area contributed by atoms with Gasteiger partial charge in [0.25, 0.3) is 0 Å². The molecule has 0 aliphatic carbocycles. The molecule has 1 heterocycles. The van der Waals surface area contributed by atoms with Gasteiger partial charge in [-0.1, -0.05) is 42.5 Å². The maximum Gasteiger partial charge on any atom is 0.241 e. The van der Waals surface area contributed by atoms with Crippen LogP contribution in [-0.4, -0.2) is 35.8 Å². The zero-order valence-corrected chi connectivity index (χ0v) is 16.0. The van der Waals surface area contributed by atoms with Crippen molar-refractivity contribution >= 4 is 17.5 Å². The third kappa shape index (κ3) is 5.16. The second-order valence-electron chi connectivity index (χ2n) is 7.16. The minimum atomic E-state index is -0.447. The number of amides is 2. The first-order valence-electron chi connectivity index (χ1n) is 9.65. The van der Waals surface area contributed by atoms with Gasteiger partial charge in [0.1, 0.15) is 5.82 Å². The van der Waals surface area contributed by atoms with Crippen LogP contribution in [0.15, 0.2) is 54.6 Å². The Morgan fingerprint density at radius 2 is 1.71 bits per heavy atom. The van der Waals surface area contributed by atoms with Crippen LogP contribution in [0.4, 0.5) is 10.1 Å². The number of carbonyl (C=O) groups excluding carboxylic acids is 2. The van der Waals surface area contributed by atoms with Crippen LogP contribution >= 0.6 is 0 Å². The standard InChI is InChI=1S/C22H26FN3O2/c1-16(21(27)25-20-10-6-5-9-19(20)23)26-13-11-18(12-14-26)22(28)24-15-17-7-3-2-4-8-17/h2-10,16,18H,11-15H2,1H3,(H,24,28)(H,25,27). The van der Waals surface area contributed by atoms with Gasteiger partial charge in [-0.15, -0.1) is 0 Å². The van der Waals surface area contributed by atoms with E-state index in [0.717, 1.165) is 5.56 Å². The fraction of sp³-hybridized carbons (Fsp3) is 0.364. The third-order valence-electron chi connectivity index (χ3n) is 5.27. The summed E-state index contributed by atoms with van der Waals surface area (Å²) >= 11 is 0. The van der Waals surface area contributed by atoms with Crippen LogP contribution in [0.2, 0.25) is 0 Å². The quantitative estimate of drug-likeness (QED) is 0.805. The number of likely N-dealkylation sites (tertiary alicyclic amines) is 1. The summed E-state index contributed by atoms with van der Waals surface area (Å²) in [5.74, 6) is -0.664. The topological polar surface area (TPSA) is 61.4 Å². The predicted octanol–water partition coefficient (Wildman–Crippen LogP) is 3.18. The Morgan fingerprint density at radius 1 is 1.07 bits per heavy atom. The van der Waals surface area contributed by atoms with Crippen LogP contribution in [0.5, 0.6) is 0 Å². The molecule has 6 heteroatoms. The summed E-state index contributed by atoms with van der Waals surface area (Å²) < 4.78 is 13.7. The highest BCUT2D eigenvalue weighted by atomic mass is 19.1. The van der Waals surface area contributed by atoms with Gasteiger partial charge in [0.2, 0.25) is 11.8 Å². The van der Waals surface area contributed by atoms with E-state index in [-0.39, 0.29) is 29.5 Å². The Balaban J connectivity index is 1.45. The molecular formula is C22H26FN3O2. The monoisotopic (exact) mass is 383 g/mol. The second-order valence-corrected chi connectivity index (χ2v) is 7.16. The van der Waals surface area contributed by atoms with Crippen LogP contribution in [0.3, 0.4) is 0 Å². The van der Waals surface area contributed by atoms with E-state index in [9.17, 15) is 14.0 Å². The average molecular weight is 383 g/mol. The Labute approximate surface area is 164 Å². The van der Waals surface area contributed by atoms with E-state index < -0.39 is 5.82 Å². The Bertz CT molecular complexity index is 804. The van der Waals surface area contributed by atoms with Gasteiger partial charge in [-0.25, -0.2) is 4.39 Å². The summed E-state index contributed by atoms with van der Waals surface area (Å²) in [6, 6.07) is 15.6. The molecule has 1 aliphatic heterocycles. The van der Waals surface area contributed by atoms with Gasteiger partial charge in [-0.3, -0.25) is 14.5 Å². The SMILES string of the molecule is CC(C(=O)Nc1ccccc1F)N1CCC(C(=O)NCc2ccccc2)CC1. The number of hydrogen-bond acceptors (Lipinski definition) is 3. The van der Waals surface area contributed by atoms with E-state index in [1.165, 1.54) is 6.07 Å². The Hall–Kier alpha value is -2.73. The molecule has 1 aliphatic rings. The summed E-state index contributed by atoms with van der Waals surface area (Å²) in [6.07, 6.45) is 1.41. The van der Waals surface area contributed by atoms with Crippen molar-refractivity contribution in [1.29, 1.82) is 0 Å². The van der Waals surface area contributed by atoms with Gasteiger partial charge in [0.05, 0.1) is 11.7 Å². The van der Waals surface area contributed by atoms with Gasteiger partial charge in [-0.2, -0.15) is 0 Å². The molecule has 0 aromatic heterocycles. The van der Waals surface area contributed by atoms with Crippen molar-refractivity contribution in [2.24, 2.45) is 5.92 Å². The molecule has 0 bridgehead atoms. The number of carbonyl (C=O) groups is 2. The first kappa shape index (κ1) is 20.0. The Morgan fingerprint density at radius 3 is 2.39 bits per heavy atom. The highest BCUT2D eigenvalue weighted by Gasteiger charge is 2.29. The largest absolute Gasteiger partial charge is 0.352 e. The van der Waals surface area contributed by atoms with Crippen LogP contribution in [0, 0.1) is 11.7 Å². The zero-order chi connectivity index (χ0) is 19.9. The maximum atomic E-state index is 13.7. The minimum absolute atomic E-state index is 0.0400. The first-order valence-corrected chi connectivity index (χ1v) is 9.65. The lowest BCUT2D eigenvalue weighted by atomic mass is 9.94. The van der Waals surface area contributed by atoms with Crippen LogP contribution < -0.4 is 10.6 Å². The smallest absolute Gasteiger partial charge is 0.241 e. The molecule has 0 spiro atoms. The number of para-hydroxylation sites is 1. The molecule has 0 radical (unpaired) electrons. The molecule has 3 rings (SSSR count). The number of anilines is 1. The van der Waals surface area contributed by atoms with E-state index in [4.69, 9.17) is 0 Å². The highest BCUT2D eigenvalue weighted by molar-refractivity contribution is 5.94. The number of nitrogens with one attached hydrogen (secondary N) is 2. The lowest BCUT2D eigenvalue weighted by molar-refractivity contribution is -0.127. The van der Waals surface area contributed by atoms with Crippen LogP contribution in [0.25, 0.3) is 0 Å². The fourth-order valence-electron chi connectivity index (χ4n) is 3.44. The van der Waals surface area contributed by atoms with Crippen molar-refractivity contribution in [2.45, 2.75) is 32.4 Å². The molecule has 2 aromatic rings. The van der Waals surface area contributed by atoms with Crippen molar-refractivity contribution in [3.8, 4) is 0 Å². The van der Waals surface area contributed by atoms with E-state index in [2.05, 4.69) is 10.6 Å². The van der Waals surface area contributed by atoms with Crippen LogP contribution in [0.1, 0.15) is 25.3 Å².